The van der Waals surface area contributed by atoms with E-state index in [4.69, 9.17) is 9.84 Å². The highest BCUT2D eigenvalue weighted by Gasteiger charge is 2.23. The van der Waals surface area contributed by atoms with Gasteiger partial charge in [-0.25, -0.2) is 4.79 Å². The third kappa shape index (κ3) is 4.71. The number of ether oxygens (including phenoxy) is 1. The summed E-state index contributed by atoms with van der Waals surface area (Å²) in [6, 6.07) is 6.07. The molecule has 2 heterocycles. The van der Waals surface area contributed by atoms with Gasteiger partial charge >= 0.3 is 5.97 Å². The van der Waals surface area contributed by atoms with Gasteiger partial charge in [0.15, 0.2) is 0 Å². The Morgan fingerprint density at radius 2 is 1.97 bits per heavy atom. The van der Waals surface area contributed by atoms with Gasteiger partial charge in [0.2, 0.25) is 5.91 Å². The number of carboxylic acid groups (broad SMARTS) is 1. The predicted molar refractivity (Wildman–Crippen MR) is 111 cm³/mol. The molecule has 0 aliphatic carbocycles. The van der Waals surface area contributed by atoms with E-state index in [-0.39, 0.29) is 16.9 Å². The first-order valence-corrected chi connectivity index (χ1v) is 9.43. The molecule has 0 saturated heterocycles. The maximum absolute atomic E-state index is 12.9. The van der Waals surface area contributed by atoms with Gasteiger partial charge in [-0.1, -0.05) is 6.07 Å². The SMILES string of the molecule is CCn1ncc(NC(=O)C(C)n2cc(C(=O)O)cn2)c1C(=O)Nc1cccc(OC)c1. The van der Waals surface area contributed by atoms with Crippen molar-refractivity contribution in [3.63, 3.8) is 0 Å². The average molecular weight is 426 g/mol. The van der Waals surface area contributed by atoms with E-state index in [0.29, 0.717) is 18.0 Å². The Morgan fingerprint density at radius 3 is 2.61 bits per heavy atom. The lowest BCUT2D eigenvalue weighted by atomic mass is 10.2. The van der Waals surface area contributed by atoms with Crippen LogP contribution in [-0.2, 0) is 11.3 Å². The molecule has 11 heteroatoms. The molecular weight excluding hydrogens is 404 g/mol. The Hall–Kier alpha value is -4.15. The van der Waals surface area contributed by atoms with Crippen molar-refractivity contribution in [3.8, 4) is 5.75 Å². The third-order valence-electron chi connectivity index (χ3n) is 4.56. The molecule has 0 bridgehead atoms. The number of benzene rings is 1. The lowest BCUT2D eigenvalue weighted by molar-refractivity contribution is -0.119. The van der Waals surface area contributed by atoms with Crippen LogP contribution in [0.3, 0.4) is 0 Å². The molecule has 0 radical (unpaired) electrons. The normalized spacial score (nSPS) is 11.6. The number of hydrogen-bond donors (Lipinski definition) is 3. The summed E-state index contributed by atoms with van der Waals surface area (Å²) in [6.07, 6.45) is 3.81. The number of nitrogens with zero attached hydrogens (tertiary/aromatic N) is 4. The number of aromatic carboxylic acids is 1. The largest absolute Gasteiger partial charge is 0.497 e. The molecule has 1 unspecified atom stereocenters. The van der Waals surface area contributed by atoms with E-state index in [0.717, 1.165) is 6.20 Å². The molecule has 3 N–H and O–H groups in total. The van der Waals surface area contributed by atoms with Crippen LogP contribution in [0.25, 0.3) is 0 Å². The molecule has 3 rings (SSSR count). The minimum absolute atomic E-state index is 0.0307. The number of amides is 2. The first kappa shape index (κ1) is 21.6. The molecule has 0 aliphatic heterocycles. The monoisotopic (exact) mass is 426 g/mol. The molecule has 31 heavy (non-hydrogen) atoms. The molecule has 0 fully saturated rings. The summed E-state index contributed by atoms with van der Waals surface area (Å²) in [7, 11) is 1.53. The Balaban J connectivity index is 1.80. The van der Waals surface area contributed by atoms with E-state index in [1.165, 1.54) is 28.9 Å². The molecule has 2 amide bonds. The lowest BCUT2D eigenvalue weighted by Gasteiger charge is -2.14. The predicted octanol–water partition coefficient (Wildman–Crippen LogP) is 2.26. The van der Waals surface area contributed by atoms with Crippen molar-refractivity contribution in [2.45, 2.75) is 26.4 Å². The molecule has 162 valence electrons. The highest BCUT2D eigenvalue weighted by atomic mass is 16.5. The van der Waals surface area contributed by atoms with Crippen molar-refractivity contribution in [2.24, 2.45) is 0 Å². The van der Waals surface area contributed by atoms with Gasteiger partial charge in [-0.3, -0.25) is 19.0 Å². The molecule has 0 spiro atoms. The smallest absolute Gasteiger partial charge is 0.338 e. The van der Waals surface area contributed by atoms with Crippen LogP contribution in [0.15, 0.2) is 42.9 Å². The Kier molecular flexibility index (Phi) is 6.34. The molecule has 3 aromatic rings. The van der Waals surface area contributed by atoms with Crippen LogP contribution in [0.1, 0.15) is 40.7 Å². The Labute approximate surface area is 177 Å². The minimum Gasteiger partial charge on any atom is -0.497 e. The number of hydrogen-bond acceptors (Lipinski definition) is 6. The first-order chi connectivity index (χ1) is 14.8. The van der Waals surface area contributed by atoms with Crippen molar-refractivity contribution in [1.29, 1.82) is 0 Å². The van der Waals surface area contributed by atoms with Crippen molar-refractivity contribution in [1.82, 2.24) is 19.6 Å². The molecule has 11 nitrogen and oxygen atoms in total. The van der Waals surface area contributed by atoms with Crippen LogP contribution in [0.5, 0.6) is 5.75 Å². The van der Waals surface area contributed by atoms with Crippen LogP contribution < -0.4 is 15.4 Å². The summed E-state index contributed by atoms with van der Waals surface area (Å²) in [5.41, 5.74) is 0.899. The van der Waals surface area contributed by atoms with E-state index >= 15 is 0 Å². The van der Waals surface area contributed by atoms with E-state index in [2.05, 4.69) is 20.8 Å². The summed E-state index contributed by atoms with van der Waals surface area (Å²) in [4.78, 5) is 36.7. The molecule has 1 aromatic carbocycles. The van der Waals surface area contributed by atoms with E-state index in [1.54, 1.807) is 31.2 Å². The van der Waals surface area contributed by atoms with Crippen LogP contribution in [-0.4, -0.2) is 49.6 Å². The summed E-state index contributed by atoms with van der Waals surface area (Å²) in [5.74, 6) is -1.49. The first-order valence-electron chi connectivity index (χ1n) is 9.43. The number of rotatable bonds is 8. The lowest BCUT2D eigenvalue weighted by Crippen LogP contribution is -2.26. The van der Waals surface area contributed by atoms with Gasteiger partial charge < -0.3 is 20.5 Å². The Morgan fingerprint density at radius 1 is 1.19 bits per heavy atom. The third-order valence-corrected chi connectivity index (χ3v) is 4.56. The Bertz CT molecular complexity index is 1120. The van der Waals surface area contributed by atoms with Crippen molar-refractivity contribution in [3.05, 3.63) is 54.1 Å². The average Bonchev–Trinajstić information content (AvgIpc) is 3.40. The highest BCUT2D eigenvalue weighted by Crippen LogP contribution is 2.21. The van der Waals surface area contributed by atoms with Crippen LogP contribution >= 0.6 is 0 Å². The topological polar surface area (TPSA) is 140 Å². The standard InChI is InChI=1S/C20H22N6O5/c1-4-25-17(19(28)23-14-6-5-7-15(8-14)31-3)16(10-22-25)24-18(27)12(2)26-11-13(9-21-26)20(29)30/h5-12H,4H2,1-3H3,(H,23,28)(H,24,27)(H,29,30). The number of methoxy groups -OCH3 is 1. The molecule has 1 atom stereocenters. The quantitative estimate of drug-likeness (QED) is 0.502. The zero-order chi connectivity index (χ0) is 22.5. The van der Waals surface area contributed by atoms with Gasteiger partial charge in [0.05, 0.1) is 30.8 Å². The molecular formula is C20H22N6O5. The fourth-order valence-corrected chi connectivity index (χ4v) is 2.86. The number of nitrogens with one attached hydrogen (secondary N) is 2. The minimum atomic E-state index is -1.14. The fourth-order valence-electron chi connectivity index (χ4n) is 2.86. The van der Waals surface area contributed by atoms with Crippen molar-refractivity contribution < 1.29 is 24.2 Å². The zero-order valence-corrected chi connectivity index (χ0v) is 17.2. The van der Waals surface area contributed by atoms with Gasteiger partial charge in [0, 0.05) is 24.5 Å². The second-order valence-electron chi connectivity index (χ2n) is 6.59. The maximum atomic E-state index is 12.9. The molecule has 2 aromatic heterocycles. The van der Waals surface area contributed by atoms with Gasteiger partial charge in [0.1, 0.15) is 17.5 Å². The summed E-state index contributed by atoms with van der Waals surface area (Å²) >= 11 is 0. The zero-order valence-electron chi connectivity index (χ0n) is 17.2. The maximum Gasteiger partial charge on any atom is 0.338 e. The second-order valence-corrected chi connectivity index (χ2v) is 6.59. The van der Waals surface area contributed by atoms with Crippen LogP contribution in [0.2, 0.25) is 0 Å². The number of aryl methyl sites for hydroxylation is 1. The van der Waals surface area contributed by atoms with E-state index < -0.39 is 23.8 Å². The number of anilines is 2. The van der Waals surface area contributed by atoms with Gasteiger partial charge in [-0.2, -0.15) is 10.2 Å². The van der Waals surface area contributed by atoms with Gasteiger partial charge in [-0.05, 0) is 26.0 Å². The van der Waals surface area contributed by atoms with Crippen molar-refractivity contribution >= 4 is 29.2 Å². The summed E-state index contributed by atoms with van der Waals surface area (Å²) in [5, 5.41) is 22.5. The van der Waals surface area contributed by atoms with E-state index in [9.17, 15) is 14.4 Å². The van der Waals surface area contributed by atoms with Gasteiger partial charge in [-0.15, -0.1) is 0 Å². The fraction of sp³-hybridized carbons (Fsp3) is 0.250. The number of aromatic nitrogens is 4. The summed E-state index contributed by atoms with van der Waals surface area (Å²) < 4.78 is 7.86. The number of carbonyl (C=O) groups excluding carboxylic acids is 2. The number of carboxylic acids is 1. The molecule has 0 saturated carbocycles. The van der Waals surface area contributed by atoms with Crippen molar-refractivity contribution in [2.75, 3.05) is 17.7 Å². The second kappa shape index (κ2) is 9.11. The van der Waals surface area contributed by atoms with Crippen LogP contribution in [0, 0.1) is 0 Å². The van der Waals surface area contributed by atoms with Crippen LogP contribution in [0.4, 0.5) is 11.4 Å². The van der Waals surface area contributed by atoms with Gasteiger partial charge in [0.25, 0.3) is 5.91 Å². The summed E-state index contributed by atoms with van der Waals surface area (Å²) in [6.45, 7) is 3.79. The van der Waals surface area contributed by atoms with E-state index in [1.807, 2.05) is 6.92 Å². The highest BCUT2D eigenvalue weighted by molar-refractivity contribution is 6.09. The molecule has 0 aliphatic rings. The number of carbonyl (C=O) groups is 3.